The Bertz CT molecular complexity index is 872. The fourth-order valence-electron chi connectivity index (χ4n) is 2.56. The van der Waals surface area contributed by atoms with Gasteiger partial charge < -0.3 is 15.2 Å². The van der Waals surface area contributed by atoms with Crippen LogP contribution in [0.2, 0.25) is 0 Å². The molecule has 0 saturated carbocycles. The quantitative estimate of drug-likeness (QED) is 0.400. The van der Waals surface area contributed by atoms with Gasteiger partial charge in [0.2, 0.25) is 5.88 Å². The first-order valence-corrected chi connectivity index (χ1v) is 9.46. The van der Waals surface area contributed by atoms with E-state index in [4.69, 9.17) is 20.6 Å². The van der Waals surface area contributed by atoms with Gasteiger partial charge in [-0.3, -0.25) is 10.2 Å². The summed E-state index contributed by atoms with van der Waals surface area (Å²) in [6, 6.07) is 11.3. The van der Waals surface area contributed by atoms with Crippen LogP contribution in [-0.2, 0) is 9.53 Å². The van der Waals surface area contributed by atoms with Gasteiger partial charge in [0.1, 0.15) is 18.3 Å². The molecule has 0 saturated heterocycles. The molecular formula is C22H28N4O3. The molecule has 0 spiro atoms. The van der Waals surface area contributed by atoms with Crippen molar-refractivity contribution >= 4 is 17.6 Å². The van der Waals surface area contributed by atoms with E-state index in [0.717, 1.165) is 23.1 Å². The zero-order valence-corrected chi connectivity index (χ0v) is 17.4. The van der Waals surface area contributed by atoms with Gasteiger partial charge in [0, 0.05) is 29.8 Å². The number of hydrogen-bond donors (Lipinski definition) is 2. The second-order valence-electron chi connectivity index (χ2n) is 7.32. The van der Waals surface area contributed by atoms with Crippen LogP contribution in [0.5, 0.6) is 5.88 Å². The summed E-state index contributed by atoms with van der Waals surface area (Å²) in [5.41, 5.74) is 7.90. The number of ether oxygens (including phenoxy) is 2. The van der Waals surface area contributed by atoms with Crippen LogP contribution in [0.4, 0.5) is 0 Å². The second kappa shape index (κ2) is 9.82. The number of rotatable bonds is 8. The van der Waals surface area contributed by atoms with Gasteiger partial charge in [0.15, 0.2) is 0 Å². The van der Waals surface area contributed by atoms with Crippen LogP contribution in [0, 0.1) is 10.8 Å². The molecule has 0 aliphatic heterocycles. The third-order valence-corrected chi connectivity index (χ3v) is 4.31. The lowest BCUT2D eigenvalue weighted by atomic mass is 9.95. The van der Waals surface area contributed by atoms with Gasteiger partial charge >= 0.3 is 5.97 Å². The number of nitrogens with zero attached hydrogens (tertiary/aromatic N) is 2. The van der Waals surface area contributed by atoms with Crippen LogP contribution < -0.4 is 10.5 Å². The molecule has 0 bridgehead atoms. The first kappa shape index (κ1) is 22.1. The number of nitrogens with two attached hydrogens (primary N) is 1. The maximum absolute atomic E-state index is 11.7. The van der Waals surface area contributed by atoms with E-state index in [1.165, 1.54) is 7.11 Å². The van der Waals surface area contributed by atoms with E-state index in [1.807, 2.05) is 37.3 Å². The highest BCUT2D eigenvalue weighted by molar-refractivity contribution is 6.04. The van der Waals surface area contributed by atoms with Crippen LogP contribution in [0.15, 0.2) is 47.6 Å². The average Bonchev–Trinajstić information content (AvgIpc) is 2.72. The Labute approximate surface area is 171 Å². The predicted molar refractivity (Wildman–Crippen MR) is 114 cm³/mol. The Hall–Kier alpha value is -3.22. The van der Waals surface area contributed by atoms with E-state index in [-0.39, 0.29) is 18.4 Å². The minimum Gasteiger partial charge on any atom is -0.476 e. The van der Waals surface area contributed by atoms with Crippen molar-refractivity contribution in [1.29, 1.82) is 5.41 Å². The third kappa shape index (κ3) is 6.14. The summed E-state index contributed by atoms with van der Waals surface area (Å²) < 4.78 is 10.4. The van der Waals surface area contributed by atoms with Gasteiger partial charge in [-0.05, 0) is 31.9 Å². The molecule has 0 atom stereocenters. The molecule has 1 aromatic carbocycles. The summed E-state index contributed by atoms with van der Waals surface area (Å²) >= 11 is 0. The number of amidine groups is 2. The number of nitrogens with one attached hydrogen (secondary N) is 1. The van der Waals surface area contributed by atoms with Gasteiger partial charge in [-0.2, -0.15) is 0 Å². The molecule has 0 fully saturated rings. The van der Waals surface area contributed by atoms with Gasteiger partial charge in [-0.15, -0.1) is 0 Å². The molecule has 2 rings (SSSR count). The Balaban J connectivity index is 2.05. The molecule has 0 aliphatic carbocycles. The normalized spacial score (nSPS) is 11.8. The van der Waals surface area contributed by atoms with Crippen molar-refractivity contribution in [3.63, 3.8) is 0 Å². The Morgan fingerprint density at radius 3 is 2.38 bits per heavy atom. The van der Waals surface area contributed by atoms with Crippen molar-refractivity contribution in [3.8, 4) is 17.0 Å². The van der Waals surface area contributed by atoms with Crippen LogP contribution in [-0.4, -0.2) is 36.3 Å². The largest absolute Gasteiger partial charge is 0.476 e. The Morgan fingerprint density at radius 2 is 1.83 bits per heavy atom. The molecular weight excluding hydrogens is 368 g/mol. The number of esters is 1. The van der Waals surface area contributed by atoms with Crippen LogP contribution >= 0.6 is 0 Å². The van der Waals surface area contributed by atoms with E-state index in [9.17, 15) is 4.79 Å². The Morgan fingerprint density at radius 1 is 1.17 bits per heavy atom. The van der Waals surface area contributed by atoms with Gasteiger partial charge in [0.25, 0.3) is 0 Å². The summed E-state index contributed by atoms with van der Waals surface area (Å²) in [5, 5.41) is 7.76. The highest BCUT2D eigenvalue weighted by Crippen LogP contribution is 2.23. The van der Waals surface area contributed by atoms with Crippen molar-refractivity contribution in [1.82, 2.24) is 4.98 Å². The van der Waals surface area contributed by atoms with E-state index in [2.05, 4.69) is 9.98 Å². The molecule has 0 unspecified atom stereocenters. The van der Waals surface area contributed by atoms with Crippen molar-refractivity contribution in [2.45, 2.75) is 33.6 Å². The maximum Gasteiger partial charge on any atom is 0.314 e. The van der Waals surface area contributed by atoms with E-state index in [0.29, 0.717) is 18.1 Å². The summed E-state index contributed by atoms with van der Waals surface area (Å²) in [4.78, 5) is 20.1. The van der Waals surface area contributed by atoms with Crippen LogP contribution in [0.3, 0.4) is 0 Å². The number of carbonyl (C=O) groups is 1. The molecule has 2 aromatic rings. The highest BCUT2D eigenvalue weighted by atomic mass is 16.5. The number of pyridine rings is 1. The molecule has 7 nitrogen and oxygen atoms in total. The number of aromatic nitrogens is 1. The smallest absolute Gasteiger partial charge is 0.314 e. The lowest BCUT2D eigenvalue weighted by Crippen LogP contribution is -2.32. The fraction of sp³-hybridized carbons (Fsp3) is 0.364. The number of benzene rings is 1. The minimum absolute atomic E-state index is 0.173. The van der Waals surface area contributed by atoms with Crippen molar-refractivity contribution in [3.05, 3.63) is 48.2 Å². The molecule has 1 aromatic heterocycles. The van der Waals surface area contributed by atoms with Crippen molar-refractivity contribution < 1.29 is 14.3 Å². The van der Waals surface area contributed by atoms with E-state index >= 15 is 0 Å². The zero-order valence-electron chi connectivity index (χ0n) is 17.4. The molecule has 29 heavy (non-hydrogen) atoms. The minimum atomic E-state index is -0.750. The Kier molecular flexibility index (Phi) is 7.47. The number of hydrogen-bond acceptors (Lipinski definition) is 5. The zero-order chi connectivity index (χ0) is 21.4. The number of carbonyl (C=O) groups excluding carboxylic acids is 1. The second-order valence-corrected chi connectivity index (χ2v) is 7.32. The molecule has 7 heteroatoms. The van der Waals surface area contributed by atoms with Crippen LogP contribution in [0.1, 0.15) is 39.2 Å². The first-order valence-electron chi connectivity index (χ1n) is 9.46. The summed E-state index contributed by atoms with van der Waals surface area (Å²) in [6.07, 6.45) is 3.18. The first-order chi connectivity index (χ1) is 13.8. The van der Waals surface area contributed by atoms with Gasteiger partial charge in [0.05, 0.1) is 12.5 Å². The maximum atomic E-state index is 11.7. The number of aliphatic imine (C=N–C) groups is 1. The lowest BCUT2D eigenvalue weighted by molar-refractivity contribution is -0.152. The highest BCUT2D eigenvalue weighted by Gasteiger charge is 2.29. The van der Waals surface area contributed by atoms with Crippen molar-refractivity contribution in [2.75, 3.05) is 13.7 Å². The van der Waals surface area contributed by atoms with Crippen LogP contribution in [0.25, 0.3) is 11.1 Å². The topological polar surface area (TPSA) is 111 Å². The predicted octanol–water partition coefficient (Wildman–Crippen LogP) is 3.81. The SMILES string of the molecule is CCCC(=N)/N=C(\N)c1ccc(-c2ccc(OCC(C)(C)C(=O)OC)nc2)cc1. The summed E-state index contributed by atoms with van der Waals surface area (Å²) in [7, 11) is 1.36. The molecule has 0 aliphatic rings. The van der Waals surface area contributed by atoms with Crippen molar-refractivity contribution in [2.24, 2.45) is 16.1 Å². The summed E-state index contributed by atoms with van der Waals surface area (Å²) in [5.74, 6) is 0.726. The fourth-order valence-corrected chi connectivity index (χ4v) is 2.56. The molecule has 0 amide bonds. The van der Waals surface area contributed by atoms with E-state index < -0.39 is 5.41 Å². The summed E-state index contributed by atoms with van der Waals surface area (Å²) in [6.45, 7) is 5.69. The molecule has 154 valence electrons. The third-order valence-electron chi connectivity index (χ3n) is 4.31. The van der Waals surface area contributed by atoms with Gasteiger partial charge in [-0.1, -0.05) is 31.2 Å². The van der Waals surface area contributed by atoms with E-state index in [1.54, 1.807) is 26.1 Å². The number of methoxy groups -OCH3 is 1. The van der Waals surface area contributed by atoms with Gasteiger partial charge in [-0.25, -0.2) is 9.98 Å². The molecule has 3 N–H and O–H groups in total. The lowest BCUT2D eigenvalue weighted by Gasteiger charge is -2.21. The average molecular weight is 396 g/mol. The molecule has 1 heterocycles. The standard InChI is InChI=1S/C22H28N4O3/c1-5-6-18(23)26-20(24)16-9-7-15(8-10-16)17-11-12-19(25-13-17)29-14-22(2,3)21(27)28-4/h7-13H,5-6,14H2,1-4H3,(H3,23,24,26). The monoisotopic (exact) mass is 396 g/mol. The molecule has 0 radical (unpaired) electrons.